The van der Waals surface area contributed by atoms with Crippen LogP contribution in [-0.2, 0) is 4.79 Å². The molecular formula is C21H22ClN5O2. The number of amides is 1. The molecule has 0 bridgehead atoms. The topological polar surface area (TPSA) is 99.8 Å². The first-order chi connectivity index (χ1) is 14.0. The van der Waals surface area contributed by atoms with E-state index in [9.17, 15) is 9.59 Å². The summed E-state index contributed by atoms with van der Waals surface area (Å²) in [6.07, 6.45) is 5.39. The quantitative estimate of drug-likeness (QED) is 0.610. The number of aromatic amines is 1. The van der Waals surface area contributed by atoms with Gasteiger partial charge in [-0.15, -0.1) is 0 Å². The van der Waals surface area contributed by atoms with E-state index in [1.54, 1.807) is 25.3 Å². The number of carbonyl (C=O) groups excluding carboxylic acids is 1. The molecule has 2 heterocycles. The second-order valence-electron chi connectivity index (χ2n) is 7.38. The average Bonchev–Trinajstić information content (AvgIpc) is 2.69. The molecule has 1 fully saturated rings. The van der Waals surface area contributed by atoms with Crippen molar-refractivity contribution in [2.24, 2.45) is 0 Å². The van der Waals surface area contributed by atoms with E-state index >= 15 is 0 Å². The molecule has 1 amide bonds. The van der Waals surface area contributed by atoms with Crippen LogP contribution in [0.25, 0.3) is 22.2 Å². The highest BCUT2D eigenvalue weighted by Gasteiger charge is 2.22. The lowest BCUT2D eigenvalue weighted by molar-refractivity contribution is -0.119. The van der Waals surface area contributed by atoms with E-state index in [2.05, 4.69) is 25.6 Å². The maximum absolute atomic E-state index is 12.6. The van der Waals surface area contributed by atoms with Crippen molar-refractivity contribution < 1.29 is 4.79 Å². The number of pyridine rings is 1. The Kier molecular flexibility index (Phi) is 5.49. The highest BCUT2D eigenvalue weighted by molar-refractivity contribution is 6.33. The molecule has 2 aromatic heterocycles. The summed E-state index contributed by atoms with van der Waals surface area (Å²) in [7, 11) is 0. The molecular weight excluding hydrogens is 390 g/mol. The summed E-state index contributed by atoms with van der Waals surface area (Å²) in [5, 5.41) is 7.57. The van der Waals surface area contributed by atoms with Crippen LogP contribution in [0.15, 0.2) is 41.3 Å². The van der Waals surface area contributed by atoms with Gasteiger partial charge in [0.2, 0.25) is 11.9 Å². The van der Waals surface area contributed by atoms with Crippen molar-refractivity contribution in [3.63, 3.8) is 0 Å². The molecule has 0 spiro atoms. The number of anilines is 1. The van der Waals surface area contributed by atoms with Gasteiger partial charge in [-0.2, -0.15) is 4.98 Å². The number of benzene rings is 1. The molecule has 8 heteroatoms. The van der Waals surface area contributed by atoms with E-state index in [1.165, 1.54) is 0 Å². The fraction of sp³-hybridized carbons (Fsp3) is 0.333. The number of nitrogens with zero attached hydrogens (tertiary/aromatic N) is 2. The maximum Gasteiger partial charge on any atom is 0.257 e. The van der Waals surface area contributed by atoms with Crippen LogP contribution in [0.3, 0.4) is 0 Å². The van der Waals surface area contributed by atoms with E-state index in [1.807, 2.05) is 18.2 Å². The molecule has 1 aliphatic carbocycles. The Morgan fingerprint density at radius 3 is 2.59 bits per heavy atom. The minimum Gasteiger partial charge on any atom is -0.354 e. The van der Waals surface area contributed by atoms with Crippen LogP contribution in [0.2, 0.25) is 5.02 Å². The Morgan fingerprint density at radius 1 is 1.14 bits per heavy atom. The molecule has 3 aromatic rings. The molecule has 0 saturated heterocycles. The molecule has 1 aliphatic rings. The van der Waals surface area contributed by atoms with Gasteiger partial charge in [0.1, 0.15) is 5.65 Å². The lowest BCUT2D eigenvalue weighted by Gasteiger charge is -2.29. The summed E-state index contributed by atoms with van der Waals surface area (Å²) in [6, 6.07) is 9.48. The number of hydrogen-bond donors (Lipinski definition) is 3. The Bertz CT molecular complexity index is 1110. The van der Waals surface area contributed by atoms with Crippen molar-refractivity contribution >= 4 is 34.5 Å². The molecule has 7 nitrogen and oxygen atoms in total. The second kappa shape index (κ2) is 8.21. The molecule has 1 aromatic carbocycles. The Labute approximate surface area is 172 Å². The Hall–Kier alpha value is -2.93. The van der Waals surface area contributed by atoms with Gasteiger partial charge < -0.3 is 15.6 Å². The van der Waals surface area contributed by atoms with Crippen molar-refractivity contribution in [2.75, 3.05) is 5.32 Å². The largest absolute Gasteiger partial charge is 0.354 e. The van der Waals surface area contributed by atoms with Gasteiger partial charge in [-0.3, -0.25) is 9.59 Å². The van der Waals surface area contributed by atoms with Gasteiger partial charge in [0.05, 0.1) is 0 Å². The summed E-state index contributed by atoms with van der Waals surface area (Å²) >= 11 is 6.24. The van der Waals surface area contributed by atoms with E-state index in [-0.39, 0.29) is 23.6 Å². The normalized spacial score (nSPS) is 19.1. The van der Waals surface area contributed by atoms with Crippen LogP contribution >= 0.6 is 11.6 Å². The summed E-state index contributed by atoms with van der Waals surface area (Å²) in [5.41, 5.74) is 1.40. The standard InChI is InChI=1S/C21H22ClN5O2/c1-12(28)24-14-6-8-15(9-7-14)25-21-23-11-13-10-17(20(29)26-19(13)27-21)16-4-2-3-5-18(16)22/h2-5,10-11,14-15H,6-9H2,1H3,(H,24,28)(H2,23,25,26,27,29). The lowest BCUT2D eigenvalue weighted by Crippen LogP contribution is -2.39. The predicted molar refractivity (Wildman–Crippen MR) is 114 cm³/mol. The van der Waals surface area contributed by atoms with Gasteiger partial charge in [0.15, 0.2) is 0 Å². The number of halogens is 1. The van der Waals surface area contributed by atoms with E-state index < -0.39 is 0 Å². The van der Waals surface area contributed by atoms with Crippen LogP contribution in [0.1, 0.15) is 32.6 Å². The minimum atomic E-state index is -0.244. The van der Waals surface area contributed by atoms with Gasteiger partial charge in [0, 0.05) is 46.7 Å². The zero-order chi connectivity index (χ0) is 20.4. The summed E-state index contributed by atoms with van der Waals surface area (Å²) in [6.45, 7) is 1.55. The maximum atomic E-state index is 12.6. The molecule has 0 atom stereocenters. The summed E-state index contributed by atoms with van der Waals surface area (Å²) in [4.78, 5) is 35.5. The molecule has 3 N–H and O–H groups in total. The fourth-order valence-electron chi connectivity index (χ4n) is 3.79. The summed E-state index contributed by atoms with van der Waals surface area (Å²) < 4.78 is 0. The predicted octanol–water partition coefficient (Wildman–Crippen LogP) is 3.50. The first-order valence-corrected chi connectivity index (χ1v) is 10.1. The molecule has 0 radical (unpaired) electrons. The third-order valence-corrected chi connectivity index (χ3v) is 5.55. The number of nitrogens with one attached hydrogen (secondary N) is 3. The SMILES string of the molecule is CC(=O)NC1CCC(Nc2ncc3cc(-c4ccccc4Cl)c(=O)[nH]c3n2)CC1. The van der Waals surface area contributed by atoms with Gasteiger partial charge in [-0.25, -0.2) is 4.98 Å². The monoisotopic (exact) mass is 411 g/mol. The molecule has 150 valence electrons. The molecule has 4 rings (SSSR count). The van der Waals surface area contributed by atoms with E-state index in [0.717, 1.165) is 31.1 Å². The molecule has 0 aliphatic heterocycles. The fourth-order valence-corrected chi connectivity index (χ4v) is 4.03. The average molecular weight is 412 g/mol. The van der Waals surface area contributed by atoms with Crippen LogP contribution in [0, 0.1) is 0 Å². The number of aromatic nitrogens is 3. The van der Waals surface area contributed by atoms with Crippen LogP contribution in [-0.4, -0.2) is 32.9 Å². The lowest BCUT2D eigenvalue weighted by atomic mass is 9.91. The summed E-state index contributed by atoms with van der Waals surface area (Å²) in [5.74, 6) is 0.501. The molecule has 0 unspecified atom stereocenters. The van der Waals surface area contributed by atoms with Gasteiger partial charge in [0.25, 0.3) is 5.56 Å². The number of fused-ring (bicyclic) bond motifs is 1. The van der Waals surface area contributed by atoms with Crippen LogP contribution in [0.4, 0.5) is 5.95 Å². The zero-order valence-corrected chi connectivity index (χ0v) is 16.8. The Morgan fingerprint density at radius 2 is 1.86 bits per heavy atom. The highest BCUT2D eigenvalue weighted by atomic mass is 35.5. The van der Waals surface area contributed by atoms with Crippen LogP contribution < -0.4 is 16.2 Å². The van der Waals surface area contributed by atoms with Crippen molar-refractivity contribution in [3.8, 4) is 11.1 Å². The molecule has 1 saturated carbocycles. The minimum absolute atomic E-state index is 0.0133. The van der Waals surface area contributed by atoms with Gasteiger partial charge >= 0.3 is 0 Å². The Balaban J connectivity index is 1.52. The molecule has 29 heavy (non-hydrogen) atoms. The van der Waals surface area contributed by atoms with E-state index in [4.69, 9.17) is 11.6 Å². The van der Waals surface area contributed by atoms with Crippen LogP contribution in [0.5, 0.6) is 0 Å². The second-order valence-corrected chi connectivity index (χ2v) is 7.79. The smallest absolute Gasteiger partial charge is 0.257 e. The van der Waals surface area contributed by atoms with Crippen molar-refractivity contribution in [2.45, 2.75) is 44.7 Å². The number of carbonyl (C=O) groups is 1. The third-order valence-electron chi connectivity index (χ3n) is 5.23. The third kappa shape index (κ3) is 4.40. The first kappa shape index (κ1) is 19.4. The van der Waals surface area contributed by atoms with Gasteiger partial charge in [-0.1, -0.05) is 29.8 Å². The highest BCUT2D eigenvalue weighted by Crippen LogP contribution is 2.27. The van der Waals surface area contributed by atoms with Crippen molar-refractivity contribution in [1.29, 1.82) is 0 Å². The number of hydrogen-bond acceptors (Lipinski definition) is 5. The first-order valence-electron chi connectivity index (χ1n) is 9.68. The van der Waals surface area contributed by atoms with Crippen molar-refractivity contribution in [1.82, 2.24) is 20.3 Å². The number of H-pyrrole nitrogens is 1. The van der Waals surface area contributed by atoms with Gasteiger partial charge in [-0.05, 0) is 37.8 Å². The van der Waals surface area contributed by atoms with E-state index in [0.29, 0.717) is 27.7 Å². The van der Waals surface area contributed by atoms with Crippen molar-refractivity contribution in [3.05, 3.63) is 51.9 Å². The zero-order valence-electron chi connectivity index (χ0n) is 16.0. The number of rotatable bonds is 4.